The minimum Gasteiger partial charge on any atom is -0.484 e. The summed E-state index contributed by atoms with van der Waals surface area (Å²) in [5.41, 5.74) is 1.90. The van der Waals surface area contributed by atoms with E-state index in [1.165, 1.54) is 7.11 Å². The normalized spacial score (nSPS) is 13.0. The van der Waals surface area contributed by atoms with Gasteiger partial charge in [-0.1, -0.05) is 36.4 Å². The van der Waals surface area contributed by atoms with E-state index in [0.29, 0.717) is 5.75 Å². The quantitative estimate of drug-likeness (QED) is 0.474. The van der Waals surface area contributed by atoms with Crippen molar-refractivity contribution in [3.8, 4) is 11.6 Å². The van der Waals surface area contributed by atoms with Crippen LogP contribution in [-0.2, 0) is 9.53 Å². The minimum atomic E-state index is -0.370. The van der Waals surface area contributed by atoms with Gasteiger partial charge < -0.3 is 14.8 Å². The molecule has 2 heterocycles. The number of amides is 1. The van der Waals surface area contributed by atoms with E-state index < -0.39 is 0 Å². The highest BCUT2D eigenvalue weighted by Gasteiger charge is 2.23. The molecule has 0 aliphatic carbocycles. The largest absolute Gasteiger partial charge is 0.484 e. The van der Waals surface area contributed by atoms with Gasteiger partial charge in [0.1, 0.15) is 18.5 Å². The molecule has 7 nitrogen and oxygen atoms in total. The fourth-order valence-corrected chi connectivity index (χ4v) is 3.50. The van der Waals surface area contributed by atoms with E-state index >= 15 is 0 Å². The smallest absolute Gasteiger partial charge is 0.246 e. The number of pyridine rings is 1. The Morgan fingerprint density at radius 3 is 2.65 bits per heavy atom. The SMILES string of the molecule is COCC(=O)NC(C)C(Oc1ccc2c(cnn2-c2ccccn2)c1)c1ccccc1. The Morgan fingerprint density at radius 1 is 1.10 bits per heavy atom. The second kappa shape index (κ2) is 9.40. The number of carbonyl (C=O) groups excluding carboxylic acids is 1. The highest BCUT2D eigenvalue weighted by Crippen LogP contribution is 2.28. The highest BCUT2D eigenvalue weighted by atomic mass is 16.5. The minimum absolute atomic E-state index is 0.00448. The topological polar surface area (TPSA) is 78.3 Å². The van der Waals surface area contributed by atoms with Gasteiger partial charge >= 0.3 is 0 Å². The lowest BCUT2D eigenvalue weighted by molar-refractivity contribution is -0.126. The number of hydrogen-bond donors (Lipinski definition) is 1. The molecular formula is C24H24N4O3. The molecule has 0 aliphatic rings. The van der Waals surface area contributed by atoms with Gasteiger partial charge in [0, 0.05) is 18.7 Å². The fraction of sp³-hybridized carbons (Fsp3) is 0.208. The molecule has 2 unspecified atom stereocenters. The van der Waals surface area contributed by atoms with Gasteiger partial charge in [0.2, 0.25) is 5.91 Å². The van der Waals surface area contributed by atoms with Gasteiger partial charge in [-0.05, 0) is 42.8 Å². The van der Waals surface area contributed by atoms with Crippen LogP contribution in [0.25, 0.3) is 16.7 Å². The average Bonchev–Trinajstić information content (AvgIpc) is 3.22. The van der Waals surface area contributed by atoms with E-state index in [-0.39, 0.29) is 24.7 Å². The first kappa shape index (κ1) is 20.6. The molecule has 4 rings (SSSR count). The highest BCUT2D eigenvalue weighted by molar-refractivity contribution is 5.81. The molecule has 1 N–H and O–H groups in total. The number of fused-ring (bicyclic) bond motifs is 1. The Morgan fingerprint density at radius 2 is 1.90 bits per heavy atom. The fourth-order valence-electron chi connectivity index (χ4n) is 3.50. The number of nitrogens with zero attached hydrogens (tertiary/aromatic N) is 3. The Labute approximate surface area is 180 Å². The maximum atomic E-state index is 12.0. The lowest BCUT2D eigenvalue weighted by Gasteiger charge is -2.26. The van der Waals surface area contributed by atoms with E-state index in [1.54, 1.807) is 17.1 Å². The zero-order valence-electron chi connectivity index (χ0n) is 17.4. The van der Waals surface area contributed by atoms with E-state index in [0.717, 1.165) is 22.3 Å². The summed E-state index contributed by atoms with van der Waals surface area (Å²) < 4.78 is 13.1. The first-order chi connectivity index (χ1) is 15.2. The number of rotatable bonds is 8. The van der Waals surface area contributed by atoms with Gasteiger partial charge in [-0.15, -0.1) is 0 Å². The van der Waals surface area contributed by atoms with Crippen LogP contribution in [0.4, 0.5) is 0 Å². The van der Waals surface area contributed by atoms with Crippen molar-refractivity contribution in [2.75, 3.05) is 13.7 Å². The average molecular weight is 416 g/mol. The third-order valence-corrected chi connectivity index (χ3v) is 4.92. The van der Waals surface area contributed by atoms with Crippen LogP contribution >= 0.6 is 0 Å². The van der Waals surface area contributed by atoms with Crippen molar-refractivity contribution in [1.82, 2.24) is 20.1 Å². The standard InChI is InChI=1S/C24H24N4O3/c1-17(27-23(29)16-30-2)24(18-8-4-3-5-9-18)31-20-11-12-21-19(14-20)15-26-28(21)22-10-6-7-13-25-22/h3-15,17,24H,16H2,1-2H3,(H,27,29). The molecule has 4 aromatic rings. The van der Waals surface area contributed by atoms with Gasteiger partial charge in [0.25, 0.3) is 0 Å². The Balaban J connectivity index is 1.61. The van der Waals surface area contributed by atoms with E-state index in [9.17, 15) is 4.79 Å². The van der Waals surface area contributed by atoms with E-state index in [2.05, 4.69) is 15.4 Å². The van der Waals surface area contributed by atoms with Crippen molar-refractivity contribution in [3.05, 3.63) is 84.7 Å². The number of aromatic nitrogens is 3. The molecule has 158 valence electrons. The summed E-state index contributed by atoms with van der Waals surface area (Å²) in [6, 6.07) is 21.1. The van der Waals surface area contributed by atoms with Crippen LogP contribution in [0.1, 0.15) is 18.6 Å². The zero-order chi connectivity index (χ0) is 21.6. The molecule has 0 spiro atoms. The number of methoxy groups -OCH3 is 1. The van der Waals surface area contributed by atoms with E-state index in [4.69, 9.17) is 9.47 Å². The van der Waals surface area contributed by atoms with Gasteiger partial charge in [0.05, 0.1) is 17.8 Å². The van der Waals surface area contributed by atoms with Crippen molar-refractivity contribution < 1.29 is 14.3 Å². The number of hydrogen-bond acceptors (Lipinski definition) is 5. The summed E-state index contributed by atoms with van der Waals surface area (Å²) in [7, 11) is 1.50. The lowest BCUT2D eigenvalue weighted by atomic mass is 10.0. The van der Waals surface area contributed by atoms with Crippen LogP contribution in [0.3, 0.4) is 0 Å². The molecule has 31 heavy (non-hydrogen) atoms. The van der Waals surface area contributed by atoms with Crippen molar-refractivity contribution in [1.29, 1.82) is 0 Å². The first-order valence-corrected chi connectivity index (χ1v) is 10.0. The number of ether oxygens (including phenoxy) is 2. The van der Waals surface area contributed by atoms with Crippen LogP contribution in [0.15, 0.2) is 79.1 Å². The maximum absolute atomic E-state index is 12.0. The molecule has 0 saturated carbocycles. The molecule has 0 radical (unpaired) electrons. The Hall–Kier alpha value is -3.71. The second-order valence-electron chi connectivity index (χ2n) is 7.20. The molecule has 1 amide bonds. The van der Waals surface area contributed by atoms with Gasteiger partial charge in [-0.2, -0.15) is 5.10 Å². The summed E-state index contributed by atoms with van der Waals surface area (Å²) in [5, 5.41) is 8.35. The van der Waals surface area contributed by atoms with Crippen molar-refractivity contribution in [3.63, 3.8) is 0 Å². The molecule has 0 aliphatic heterocycles. The van der Waals surface area contributed by atoms with Gasteiger partial charge in [-0.25, -0.2) is 9.67 Å². The van der Waals surface area contributed by atoms with Crippen LogP contribution < -0.4 is 10.1 Å². The number of carbonyl (C=O) groups is 1. The number of benzene rings is 2. The van der Waals surface area contributed by atoms with Gasteiger partial charge in [-0.3, -0.25) is 4.79 Å². The van der Waals surface area contributed by atoms with E-state index in [1.807, 2.05) is 73.7 Å². The molecule has 2 atom stereocenters. The van der Waals surface area contributed by atoms with Crippen LogP contribution in [0, 0.1) is 0 Å². The van der Waals surface area contributed by atoms with Crippen LogP contribution in [0.2, 0.25) is 0 Å². The summed E-state index contributed by atoms with van der Waals surface area (Å²) in [5.74, 6) is 1.25. The maximum Gasteiger partial charge on any atom is 0.246 e. The zero-order valence-corrected chi connectivity index (χ0v) is 17.4. The monoisotopic (exact) mass is 416 g/mol. The van der Waals surface area contributed by atoms with Crippen LogP contribution in [-0.4, -0.2) is 40.4 Å². The first-order valence-electron chi connectivity index (χ1n) is 10.0. The molecule has 2 aromatic carbocycles. The summed E-state index contributed by atoms with van der Waals surface area (Å²) >= 11 is 0. The molecule has 0 bridgehead atoms. The Bertz CT molecular complexity index is 1150. The third-order valence-electron chi connectivity index (χ3n) is 4.92. The molecular weight excluding hydrogens is 392 g/mol. The van der Waals surface area contributed by atoms with Crippen LogP contribution in [0.5, 0.6) is 5.75 Å². The predicted molar refractivity (Wildman–Crippen MR) is 118 cm³/mol. The van der Waals surface area contributed by atoms with Crippen molar-refractivity contribution >= 4 is 16.8 Å². The molecule has 0 fully saturated rings. The summed E-state index contributed by atoms with van der Waals surface area (Å²) in [6.07, 6.45) is 3.16. The van der Waals surface area contributed by atoms with Gasteiger partial charge in [0.15, 0.2) is 5.82 Å². The number of nitrogens with one attached hydrogen (secondary N) is 1. The molecule has 7 heteroatoms. The summed E-state index contributed by atoms with van der Waals surface area (Å²) in [4.78, 5) is 16.4. The predicted octanol–water partition coefficient (Wildman–Crippen LogP) is 3.69. The van der Waals surface area contributed by atoms with Crippen molar-refractivity contribution in [2.24, 2.45) is 0 Å². The molecule has 0 saturated heterocycles. The van der Waals surface area contributed by atoms with Crippen molar-refractivity contribution in [2.45, 2.75) is 19.1 Å². The molecule has 2 aromatic heterocycles. The second-order valence-corrected chi connectivity index (χ2v) is 7.20. The summed E-state index contributed by atoms with van der Waals surface area (Å²) in [6.45, 7) is 1.92. The third kappa shape index (κ3) is 4.73. The Kier molecular flexibility index (Phi) is 6.24. The lowest BCUT2D eigenvalue weighted by Crippen LogP contribution is -2.40.